The molecule has 0 aliphatic carbocycles. The molecule has 0 bridgehead atoms. The van der Waals surface area contributed by atoms with Gasteiger partial charge in [-0.25, -0.2) is 9.78 Å². The van der Waals surface area contributed by atoms with Crippen LogP contribution in [0.15, 0.2) is 82.0 Å². The van der Waals surface area contributed by atoms with Crippen LogP contribution in [0.4, 0.5) is 10.8 Å². The fourth-order valence-electron chi connectivity index (χ4n) is 5.82. The van der Waals surface area contributed by atoms with E-state index in [-0.39, 0.29) is 38.8 Å². The Bertz CT molecular complexity index is 2040. The number of para-hydroxylation sites is 1. The lowest BCUT2D eigenvalue weighted by atomic mass is 9.84. The van der Waals surface area contributed by atoms with Crippen LogP contribution in [0.25, 0.3) is 11.0 Å². The minimum Gasteiger partial charge on any atom is -0.465 e. The lowest BCUT2D eigenvalue weighted by Gasteiger charge is -2.32. The summed E-state index contributed by atoms with van der Waals surface area (Å²) < 4.78 is 11.0. The van der Waals surface area contributed by atoms with Gasteiger partial charge in [0.2, 0.25) is 5.76 Å². The van der Waals surface area contributed by atoms with Crippen LogP contribution >= 0.6 is 22.9 Å². The number of methoxy groups -OCH3 is 1. The van der Waals surface area contributed by atoms with Crippen molar-refractivity contribution >= 4 is 62.5 Å². The molecule has 7 rings (SSSR count). The van der Waals surface area contributed by atoms with E-state index in [0.29, 0.717) is 22.0 Å². The highest BCUT2D eigenvalue weighted by molar-refractivity contribution is 7.17. The Labute approximate surface area is 247 Å². The Morgan fingerprint density at radius 3 is 2.55 bits per heavy atom. The number of hydrogen-bond donors (Lipinski definition) is 0. The summed E-state index contributed by atoms with van der Waals surface area (Å²) >= 11 is 7.15. The standard InChI is InChI=1S/C31H20ClN3O6S/c1-16-26(28(38)40-2)42-30(33-16)35-27(37)25-23(24(36)19-14-18(32)12-13-22(19)41-25)31(35)20-10-6-7-11-21(20)34(29(31)39)15-17-8-4-3-5-9-17/h3-14H,15H2,1-2H3. The summed E-state index contributed by atoms with van der Waals surface area (Å²) in [6.07, 6.45) is 0. The third-order valence-corrected chi connectivity index (χ3v) is 8.97. The summed E-state index contributed by atoms with van der Waals surface area (Å²) in [4.78, 5) is 63.6. The van der Waals surface area contributed by atoms with Crippen LogP contribution in [0.2, 0.25) is 5.02 Å². The number of carbonyl (C=O) groups is 3. The van der Waals surface area contributed by atoms with E-state index in [4.69, 9.17) is 20.8 Å². The molecule has 1 unspecified atom stereocenters. The van der Waals surface area contributed by atoms with E-state index in [2.05, 4.69) is 4.98 Å². The van der Waals surface area contributed by atoms with Crippen molar-refractivity contribution in [3.05, 3.63) is 121 Å². The topological polar surface area (TPSA) is 110 Å². The molecule has 0 N–H and O–H groups in total. The van der Waals surface area contributed by atoms with Crippen LogP contribution in [-0.2, 0) is 21.6 Å². The van der Waals surface area contributed by atoms with Crippen molar-refractivity contribution < 1.29 is 23.5 Å². The first kappa shape index (κ1) is 26.1. The van der Waals surface area contributed by atoms with Crippen molar-refractivity contribution in [1.82, 2.24) is 4.98 Å². The number of esters is 1. The Kier molecular flexibility index (Phi) is 5.83. The molecule has 0 fully saturated rings. The lowest BCUT2D eigenvalue weighted by Crippen LogP contribution is -2.53. The zero-order valence-corrected chi connectivity index (χ0v) is 23.8. The predicted molar refractivity (Wildman–Crippen MR) is 157 cm³/mol. The monoisotopic (exact) mass is 597 g/mol. The van der Waals surface area contributed by atoms with Crippen LogP contribution < -0.4 is 15.2 Å². The first-order valence-electron chi connectivity index (χ1n) is 12.9. The fraction of sp³-hybridized carbons (Fsp3) is 0.129. The molecule has 0 radical (unpaired) electrons. The smallest absolute Gasteiger partial charge is 0.350 e. The van der Waals surface area contributed by atoms with Gasteiger partial charge >= 0.3 is 5.97 Å². The van der Waals surface area contributed by atoms with Gasteiger partial charge in [0.15, 0.2) is 16.1 Å². The molecule has 0 saturated carbocycles. The minimum absolute atomic E-state index is 0.0514. The molecule has 5 aromatic rings. The maximum Gasteiger partial charge on any atom is 0.350 e. The maximum absolute atomic E-state index is 14.9. The molecular formula is C31H20ClN3O6S. The summed E-state index contributed by atoms with van der Waals surface area (Å²) in [5, 5.41) is 0.482. The number of aryl methyl sites for hydroxylation is 1. The number of carbonyl (C=O) groups excluding carboxylic acids is 3. The van der Waals surface area contributed by atoms with Crippen molar-refractivity contribution in [1.29, 1.82) is 0 Å². The van der Waals surface area contributed by atoms with Crippen molar-refractivity contribution in [2.24, 2.45) is 0 Å². The van der Waals surface area contributed by atoms with E-state index in [9.17, 15) is 19.2 Å². The van der Waals surface area contributed by atoms with Crippen molar-refractivity contribution in [3.63, 3.8) is 0 Å². The molecule has 0 saturated heterocycles. The highest BCUT2D eigenvalue weighted by Gasteiger charge is 2.66. The van der Waals surface area contributed by atoms with E-state index in [1.54, 1.807) is 42.2 Å². The van der Waals surface area contributed by atoms with E-state index in [1.165, 1.54) is 24.1 Å². The quantitative estimate of drug-likeness (QED) is 0.253. The molecular weight excluding hydrogens is 578 g/mol. The van der Waals surface area contributed by atoms with E-state index < -0.39 is 28.8 Å². The third-order valence-electron chi connectivity index (χ3n) is 7.62. The predicted octanol–water partition coefficient (Wildman–Crippen LogP) is 5.45. The molecule has 4 heterocycles. The Morgan fingerprint density at radius 1 is 1.05 bits per heavy atom. The number of benzene rings is 3. The summed E-state index contributed by atoms with van der Waals surface area (Å²) in [5.74, 6) is -2.16. The average molecular weight is 598 g/mol. The molecule has 9 nitrogen and oxygen atoms in total. The molecule has 42 heavy (non-hydrogen) atoms. The van der Waals surface area contributed by atoms with Gasteiger partial charge in [-0.05, 0) is 36.8 Å². The summed E-state index contributed by atoms with van der Waals surface area (Å²) in [6.45, 7) is 1.79. The van der Waals surface area contributed by atoms with Gasteiger partial charge in [0.1, 0.15) is 10.5 Å². The van der Waals surface area contributed by atoms with Gasteiger partial charge in [0.25, 0.3) is 11.8 Å². The second-order valence-corrected chi connectivity index (χ2v) is 11.3. The number of nitrogens with zero attached hydrogens (tertiary/aromatic N) is 3. The minimum atomic E-state index is -1.95. The number of rotatable bonds is 4. The molecule has 1 atom stereocenters. The van der Waals surface area contributed by atoms with Crippen LogP contribution in [0.5, 0.6) is 0 Å². The lowest BCUT2D eigenvalue weighted by molar-refractivity contribution is -0.121. The average Bonchev–Trinajstić information content (AvgIpc) is 3.58. The van der Waals surface area contributed by atoms with Gasteiger partial charge in [-0.1, -0.05) is 71.5 Å². The SMILES string of the molecule is COC(=O)c1sc(N2C(=O)c3oc4ccc(Cl)cc4c(=O)c3C23C(=O)N(Cc2ccccc2)c2ccccc23)nc1C. The van der Waals surface area contributed by atoms with Gasteiger partial charge < -0.3 is 14.1 Å². The number of amides is 2. The van der Waals surface area contributed by atoms with Gasteiger partial charge in [-0.3, -0.25) is 19.3 Å². The molecule has 11 heteroatoms. The molecule has 3 aromatic carbocycles. The highest BCUT2D eigenvalue weighted by atomic mass is 35.5. The van der Waals surface area contributed by atoms with Crippen LogP contribution in [0.3, 0.4) is 0 Å². The van der Waals surface area contributed by atoms with Gasteiger partial charge in [-0.2, -0.15) is 0 Å². The first-order chi connectivity index (χ1) is 20.3. The molecule has 2 aliphatic rings. The Hall–Kier alpha value is -4.80. The van der Waals surface area contributed by atoms with Gasteiger partial charge in [0.05, 0.1) is 36.0 Å². The van der Waals surface area contributed by atoms with Crippen LogP contribution in [0.1, 0.15) is 42.6 Å². The van der Waals surface area contributed by atoms with E-state index in [1.807, 2.05) is 30.3 Å². The number of anilines is 2. The summed E-state index contributed by atoms with van der Waals surface area (Å²) in [7, 11) is 1.25. The van der Waals surface area contributed by atoms with Crippen molar-refractivity contribution in [3.8, 4) is 0 Å². The molecule has 208 valence electrons. The third kappa shape index (κ3) is 3.45. The number of halogens is 1. The zero-order chi connectivity index (χ0) is 29.3. The molecule has 2 aliphatic heterocycles. The molecule has 1 spiro atoms. The number of aromatic nitrogens is 1. The number of hydrogen-bond acceptors (Lipinski definition) is 8. The van der Waals surface area contributed by atoms with Gasteiger partial charge in [0, 0.05) is 10.6 Å². The fourth-order valence-corrected chi connectivity index (χ4v) is 7.03. The van der Waals surface area contributed by atoms with Crippen molar-refractivity contribution in [2.75, 3.05) is 16.9 Å². The number of thiazole rings is 1. The van der Waals surface area contributed by atoms with Crippen LogP contribution in [0, 0.1) is 6.92 Å². The molecule has 2 amide bonds. The second-order valence-electron chi connectivity index (χ2n) is 9.92. The summed E-state index contributed by atoms with van der Waals surface area (Å²) in [5.41, 5.74) is -0.367. The Balaban J connectivity index is 1.57. The zero-order valence-electron chi connectivity index (χ0n) is 22.2. The Morgan fingerprint density at radius 2 is 1.79 bits per heavy atom. The first-order valence-corrected chi connectivity index (χ1v) is 14.1. The van der Waals surface area contributed by atoms with Gasteiger partial charge in [-0.15, -0.1) is 0 Å². The molecule has 2 aromatic heterocycles. The maximum atomic E-state index is 14.9. The van der Waals surface area contributed by atoms with E-state index in [0.717, 1.165) is 16.9 Å². The number of fused-ring (bicyclic) bond motifs is 5. The largest absolute Gasteiger partial charge is 0.465 e. The number of ether oxygens (including phenoxy) is 1. The highest BCUT2D eigenvalue weighted by Crippen LogP contribution is 2.55. The van der Waals surface area contributed by atoms with Crippen LogP contribution in [-0.4, -0.2) is 29.9 Å². The van der Waals surface area contributed by atoms with Crippen molar-refractivity contribution in [2.45, 2.75) is 19.0 Å². The summed E-state index contributed by atoms with van der Waals surface area (Å²) in [6, 6.07) is 21.0. The normalized spacial score (nSPS) is 17.3. The van der Waals surface area contributed by atoms with E-state index >= 15 is 0 Å². The second kappa shape index (κ2) is 9.37.